The normalized spacial score (nSPS) is 11.4. The second kappa shape index (κ2) is 7.91. The van der Waals surface area contributed by atoms with Crippen molar-refractivity contribution in [2.75, 3.05) is 0 Å². The summed E-state index contributed by atoms with van der Waals surface area (Å²) in [6.07, 6.45) is 0.381. The maximum absolute atomic E-state index is 11.0. The summed E-state index contributed by atoms with van der Waals surface area (Å²) in [5.41, 5.74) is 1.10. The van der Waals surface area contributed by atoms with E-state index in [4.69, 9.17) is 10.1 Å². The Labute approximate surface area is 152 Å². The molecule has 3 rings (SSSR count). The van der Waals surface area contributed by atoms with E-state index in [-0.39, 0.29) is 5.71 Å². The predicted molar refractivity (Wildman–Crippen MR) is 99.4 cm³/mol. The first-order valence-corrected chi connectivity index (χ1v) is 8.09. The van der Waals surface area contributed by atoms with E-state index in [2.05, 4.69) is 5.16 Å². The van der Waals surface area contributed by atoms with Crippen molar-refractivity contribution in [1.82, 2.24) is 0 Å². The lowest BCUT2D eigenvalue weighted by Crippen LogP contribution is -2.31. The molecule has 0 amide bonds. The van der Waals surface area contributed by atoms with Crippen LogP contribution in [0.5, 0.6) is 0 Å². The van der Waals surface area contributed by atoms with Crippen molar-refractivity contribution in [2.45, 2.75) is 5.60 Å². The number of nitrogens with zero attached hydrogens (tertiary/aromatic N) is 2. The molecule has 0 aromatic heterocycles. The first kappa shape index (κ1) is 17.1. The van der Waals surface area contributed by atoms with Gasteiger partial charge >= 0.3 is 0 Å². The van der Waals surface area contributed by atoms with Gasteiger partial charge in [0.05, 0.1) is 0 Å². The molecule has 3 aromatic carbocycles. The maximum Gasteiger partial charge on any atom is 0.219 e. The zero-order valence-electron chi connectivity index (χ0n) is 13.9. The van der Waals surface area contributed by atoms with Gasteiger partial charge in [-0.3, -0.25) is 4.79 Å². The van der Waals surface area contributed by atoms with E-state index in [1.54, 1.807) is 6.07 Å². The molecule has 0 N–H and O–H groups in total. The molecule has 0 fully saturated rings. The third-order valence-corrected chi connectivity index (χ3v) is 4.05. The number of rotatable bonds is 6. The Morgan fingerprint density at radius 2 is 1.19 bits per heavy atom. The number of hydrogen-bond donors (Lipinski definition) is 0. The summed E-state index contributed by atoms with van der Waals surface area (Å²) < 4.78 is 0. The highest BCUT2D eigenvalue weighted by atomic mass is 16.7. The minimum absolute atomic E-state index is 0.322. The molecule has 0 unspecified atom stereocenters. The van der Waals surface area contributed by atoms with Crippen LogP contribution in [-0.4, -0.2) is 12.0 Å². The fraction of sp³-hybridized carbons (Fsp3) is 0.0455. The van der Waals surface area contributed by atoms with Crippen LogP contribution in [0.1, 0.15) is 16.7 Å². The second-order valence-electron chi connectivity index (χ2n) is 5.58. The van der Waals surface area contributed by atoms with Gasteiger partial charge in [-0.1, -0.05) is 96.2 Å². The molecule has 0 aliphatic heterocycles. The molecular formula is C22H16N2O2. The Hall–Kier alpha value is -3.71. The van der Waals surface area contributed by atoms with Gasteiger partial charge in [-0.2, -0.15) is 5.26 Å². The fourth-order valence-electron chi connectivity index (χ4n) is 2.86. The van der Waals surface area contributed by atoms with Gasteiger partial charge in [0.25, 0.3) is 0 Å². The van der Waals surface area contributed by atoms with Crippen LogP contribution in [-0.2, 0) is 15.2 Å². The predicted octanol–water partition coefficient (Wildman–Crippen LogP) is 4.07. The number of nitriles is 1. The van der Waals surface area contributed by atoms with Crippen LogP contribution in [0.4, 0.5) is 0 Å². The lowest BCUT2D eigenvalue weighted by Gasteiger charge is -2.33. The monoisotopic (exact) mass is 340 g/mol. The van der Waals surface area contributed by atoms with Crippen molar-refractivity contribution in [3.8, 4) is 6.07 Å². The zero-order valence-corrected chi connectivity index (χ0v) is 13.9. The highest BCUT2D eigenvalue weighted by molar-refractivity contribution is 6.35. The van der Waals surface area contributed by atoms with E-state index in [0.29, 0.717) is 6.29 Å². The third-order valence-electron chi connectivity index (χ3n) is 4.05. The lowest BCUT2D eigenvalue weighted by atomic mass is 9.80. The van der Waals surface area contributed by atoms with Crippen LogP contribution in [0.3, 0.4) is 0 Å². The van der Waals surface area contributed by atoms with Crippen molar-refractivity contribution >= 4 is 12.0 Å². The molecule has 26 heavy (non-hydrogen) atoms. The van der Waals surface area contributed by atoms with E-state index in [0.717, 1.165) is 16.7 Å². The highest BCUT2D eigenvalue weighted by Crippen LogP contribution is 2.40. The molecule has 0 saturated carbocycles. The van der Waals surface area contributed by atoms with Crippen molar-refractivity contribution in [3.63, 3.8) is 0 Å². The lowest BCUT2D eigenvalue weighted by molar-refractivity contribution is -0.102. The highest BCUT2D eigenvalue weighted by Gasteiger charge is 2.39. The number of aldehydes is 1. The van der Waals surface area contributed by atoms with Crippen LogP contribution in [0.25, 0.3) is 0 Å². The second-order valence-corrected chi connectivity index (χ2v) is 5.58. The Kier molecular flexibility index (Phi) is 5.21. The average Bonchev–Trinajstić information content (AvgIpc) is 2.74. The van der Waals surface area contributed by atoms with Crippen LogP contribution < -0.4 is 0 Å². The standard InChI is InChI=1S/C22H16N2O2/c23-16-21(17-25)24-26-22(18-10-4-1-5-11-18,19-12-6-2-7-13-19)20-14-8-3-9-15-20/h1-15,17H. The van der Waals surface area contributed by atoms with E-state index in [1.165, 1.54) is 0 Å². The minimum atomic E-state index is -1.09. The topological polar surface area (TPSA) is 62.5 Å². The van der Waals surface area contributed by atoms with Gasteiger partial charge in [-0.15, -0.1) is 0 Å². The molecule has 0 aliphatic rings. The van der Waals surface area contributed by atoms with Gasteiger partial charge in [0, 0.05) is 16.7 Å². The number of oxime groups is 1. The van der Waals surface area contributed by atoms with Gasteiger partial charge in [-0.05, 0) is 0 Å². The number of carbonyl (C=O) groups excluding carboxylic acids is 1. The summed E-state index contributed by atoms with van der Waals surface area (Å²) in [4.78, 5) is 17.0. The molecule has 0 aliphatic carbocycles. The summed E-state index contributed by atoms with van der Waals surface area (Å²) in [5.74, 6) is 0. The van der Waals surface area contributed by atoms with E-state index < -0.39 is 5.60 Å². The molecule has 0 radical (unpaired) electrons. The van der Waals surface area contributed by atoms with Crippen molar-refractivity contribution < 1.29 is 9.63 Å². The first-order valence-electron chi connectivity index (χ1n) is 8.09. The third kappa shape index (κ3) is 3.24. The molecule has 0 saturated heterocycles. The smallest absolute Gasteiger partial charge is 0.219 e. The number of carbonyl (C=O) groups is 1. The number of benzene rings is 3. The Morgan fingerprint density at radius 1 is 0.808 bits per heavy atom. The maximum atomic E-state index is 11.0. The van der Waals surface area contributed by atoms with Crippen molar-refractivity contribution in [2.24, 2.45) is 5.16 Å². The molecule has 3 aromatic rings. The quantitative estimate of drug-likeness (QED) is 0.294. The van der Waals surface area contributed by atoms with Gasteiger partial charge in [0.1, 0.15) is 6.07 Å². The Bertz CT molecular complexity index is 833. The van der Waals surface area contributed by atoms with Crippen molar-refractivity contribution in [3.05, 3.63) is 108 Å². The summed E-state index contributed by atoms with van der Waals surface area (Å²) in [5, 5.41) is 12.9. The Morgan fingerprint density at radius 3 is 1.50 bits per heavy atom. The fourth-order valence-corrected chi connectivity index (χ4v) is 2.86. The molecule has 0 bridgehead atoms. The summed E-state index contributed by atoms with van der Waals surface area (Å²) in [6, 6.07) is 30.5. The Balaban J connectivity index is 2.30. The molecular weight excluding hydrogens is 324 g/mol. The molecule has 4 nitrogen and oxygen atoms in total. The van der Waals surface area contributed by atoms with Gasteiger partial charge in [0.15, 0.2) is 6.29 Å². The molecule has 0 atom stereocenters. The van der Waals surface area contributed by atoms with Crippen LogP contribution in [0.2, 0.25) is 0 Å². The van der Waals surface area contributed by atoms with E-state index >= 15 is 0 Å². The molecule has 126 valence electrons. The van der Waals surface area contributed by atoms with E-state index in [1.807, 2.05) is 91.0 Å². The van der Waals surface area contributed by atoms with Crippen LogP contribution in [0, 0.1) is 11.3 Å². The number of hydrogen-bond acceptors (Lipinski definition) is 4. The average molecular weight is 340 g/mol. The molecule has 0 heterocycles. The van der Waals surface area contributed by atoms with Crippen LogP contribution >= 0.6 is 0 Å². The SMILES string of the molecule is N#CC(C=O)=NOC(c1ccccc1)(c1ccccc1)c1ccccc1. The minimum Gasteiger partial charge on any atom is -0.373 e. The summed E-state index contributed by atoms with van der Waals surface area (Å²) in [7, 11) is 0. The van der Waals surface area contributed by atoms with Gasteiger partial charge in [-0.25, -0.2) is 0 Å². The summed E-state index contributed by atoms with van der Waals surface area (Å²) in [6.45, 7) is 0. The van der Waals surface area contributed by atoms with Gasteiger partial charge < -0.3 is 4.84 Å². The van der Waals surface area contributed by atoms with Crippen molar-refractivity contribution in [1.29, 1.82) is 5.26 Å². The largest absolute Gasteiger partial charge is 0.373 e. The van der Waals surface area contributed by atoms with E-state index in [9.17, 15) is 4.79 Å². The van der Waals surface area contributed by atoms with Gasteiger partial charge in [0.2, 0.25) is 11.3 Å². The molecule has 0 spiro atoms. The molecule has 4 heteroatoms. The summed E-state index contributed by atoms with van der Waals surface area (Å²) >= 11 is 0. The van der Waals surface area contributed by atoms with Crippen LogP contribution in [0.15, 0.2) is 96.2 Å². The first-order chi connectivity index (χ1) is 12.8. The zero-order chi connectivity index (χ0) is 18.2.